The highest BCUT2D eigenvalue weighted by molar-refractivity contribution is 5.85. The summed E-state index contributed by atoms with van der Waals surface area (Å²) in [7, 11) is 0. The van der Waals surface area contributed by atoms with Gasteiger partial charge in [0.25, 0.3) is 5.91 Å². The Bertz CT molecular complexity index is 391. The molecule has 1 amide bonds. The van der Waals surface area contributed by atoms with Crippen molar-refractivity contribution in [2.24, 2.45) is 0 Å². The van der Waals surface area contributed by atoms with Gasteiger partial charge in [-0.2, -0.15) is 0 Å². The number of nitrogens with zero attached hydrogens (tertiary/aromatic N) is 1. The second kappa shape index (κ2) is 8.14. The molecule has 2 rings (SSSR count). The van der Waals surface area contributed by atoms with Crippen molar-refractivity contribution in [2.45, 2.75) is 32.4 Å². The van der Waals surface area contributed by atoms with Crippen molar-refractivity contribution in [3.8, 4) is 0 Å². The Balaban J connectivity index is 0.00000180. The molecule has 0 bridgehead atoms. The molecule has 0 radical (unpaired) electrons. The zero-order valence-corrected chi connectivity index (χ0v) is 11.8. The number of aryl methyl sites for hydroxylation is 1. The number of aromatic nitrogens is 1. The fourth-order valence-corrected chi connectivity index (χ4v) is 1.83. The molecule has 1 aromatic rings. The molecule has 0 aliphatic carbocycles. The van der Waals surface area contributed by atoms with Gasteiger partial charge in [0.05, 0.1) is 18.8 Å². The van der Waals surface area contributed by atoms with Crippen LogP contribution in [0.15, 0.2) is 10.6 Å². The van der Waals surface area contributed by atoms with Gasteiger partial charge in [0.2, 0.25) is 0 Å². The first-order valence-corrected chi connectivity index (χ1v) is 6.34. The topological polar surface area (TPSA) is 76.4 Å². The molecule has 6 nitrogen and oxygen atoms in total. The van der Waals surface area contributed by atoms with Crippen molar-refractivity contribution < 1.29 is 14.1 Å². The Hall–Kier alpha value is -1.11. The highest BCUT2D eigenvalue weighted by atomic mass is 35.5. The lowest BCUT2D eigenvalue weighted by atomic mass is 10.2. The van der Waals surface area contributed by atoms with Crippen molar-refractivity contribution in [2.75, 3.05) is 19.7 Å². The standard InChI is InChI=1S/C12H19N3O3.ClH/c1-2-3-9-6-10(18-15-9)7-14-12(16)11-8-13-4-5-17-11;/h6,11,13H,2-5,7-8H2,1H3,(H,14,16);1H. The molecule has 2 N–H and O–H groups in total. The second-order valence-corrected chi connectivity index (χ2v) is 4.32. The van der Waals surface area contributed by atoms with Crippen LogP contribution in [0, 0.1) is 0 Å². The quantitative estimate of drug-likeness (QED) is 0.832. The zero-order valence-electron chi connectivity index (χ0n) is 11.0. The van der Waals surface area contributed by atoms with Gasteiger partial charge in [-0.15, -0.1) is 12.4 Å². The Morgan fingerprint density at radius 1 is 1.63 bits per heavy atom. The zero-order chi connectivity index (χ0) is 12.8. The van der Waals surface area contributed by atoms with Crippen LogP contribution >= 0.6 is 12.4 Å². The van der Waals surface area contributed by atoms with E-state index in [1.54, 1.807) is 0 Å². The van der Waals surface area contributed by atoms with Crippen molar-refractivity contribution in [3.63, 3.8) is 0 Å². The van der Waals surface area contributed by atoms with Gasteiger partial charge in [-0.05, 0) is 6.42 Å². The lowest BCUT2D eigenvalue weighted by Gasteiger charge is -2.22. The molecule has 0 saturated carbocycles. The molecule has 1 saturated heterocycles. The molecule has 7 heteroatoms. The van der Waals surface area contributed by atoms with Crippen LogP contribution in [0.5, 0.6) is 0 Å². The van der Waals surface area contributed by atoms with Gasteiger partial charge in [0.15, 0.2) is 5.76 Å². The number of nitrogens with one attached hydrogen (secondary N) is 2. The number of morpholine rings is 1. The molecule has 1 aliphatic rings. The SMILES string of the molecule is CCCc1cc(CNC(=O)C2CNCCO2)on1.Cl. The smallest absolute Gasteiger partial charge is 0.250 e. The number of hydrogen-bond donors (Lipinski definition) is 2. The molecule has 2 heterocycles. The molecule has 1 atom stereocenters. The third kappa shape index (κ3) is 4.81. The Kier molecular flexibility index (Phi) is 6.83. The molecule has 19 heavy (non-hydrogen) atoms. The summed E-state index contributed by atoms with van der Waals surface area (Å²) in [5.74, 6) is 0.561. The third-order valence-electron chi connectivity index (χ3n) is 2.77. The van der Waals surface area contributed by atoms with Crippen LogP contribution in [-0.2, 0) is 22.5 Å². The molecular formula is C12H20ClN3O3. The van der Waals surface area contributed by atoms with Gasteiger partial charge >= 0.3 is 0 Å². The minimum atomic E-state index is -0.406. The molecule has 1 fully saturated rings. The van der Waals surface area contributed by atoms with Crippen LogP contribution in [0.25, 0.3) is 0 Å². The van der Waals surface area contributed by atoms with E-state index in [0.717, 1.165) is 25.1 Å². The van der Waals surface area contributed by atoms with Gasteiger partial charge in [0, 0.05) is 19.2 Å². The van der Waals surface area contributed by atoms with Gasteiger partial charge < -0.3 is 19.9 Å². The van der Waals surface area contributed by atoms with E-state index in [1.165, 1.54) is 0 Å². The Labute approximate surface area is 118 Å². The lowest BCUT2D eigenvalue weighted by Crippen LogP contribution is -2.47. The summed E-state index contributed by atoms with van der Waals surface area (Å²) < 4.78 is 10.5. The fourth-order valence-electron chi connectivity index (χ4n) is 1.83. The molecular weight excluding hydrogens is 270 g/mol. The first-order valence-electron chi connectivity index (χ1n) is 6.34. The predicted octanol–water partition coefficient (Wildman–Crippen LogP) is 0.654. The highest BCUT2D eigenvalue weighted by Crippen LogP contribution is 2.06. The predicted molar refractivity (Wildman–Crippen MR) is 72.2 cm³/mol. The van der Waals surface area contributed by atoms with Gasteiger partial charge in [-0.25, -0.2) is 0 Å². The first-order chi connectivity index (χ1) is 8.79. The summed E-state index contributed by atoms with van der Waals surface area (Å²) in [5.41, 5.74) is 0.928. The largest absolute Gasteiger partial charge is 0.366 e. The summed E-state index contributed by atoms with van der Waals surface area (Å²) in [4.78, 5) is 11.8. The van der Waals surface area contributed by atoms with E-state index >= 15 is 0 Å². The van der Waals surface area contributed by atoms with Gasteiger partial charge in [-0.1, -0.05) is 18.5 Å². The van der Waals surface area contributed by atoms with E-state index in [-0.39, 0.29) is 18.3 Å². The molecule has 0 spiro atoms. The van der Waals surface area contributed by atoms with Crippen LogP contribution in [0.4, 0.5) is 0 Å². The van der Waals surface area contributed by atoms with E-state index in [0.29, 0.717) is 25.5 Å². The maximum atomic E-state index is 11.8. The Morgan fingerprint density at radius 2 is 2.47 bits per heavy atom. The summed E-state index contributed by atoms with van der Waals surface area (Å²) >= 11 is 0. The second-order valence-electron chi connectivity index (χ2n) is 4.32. The summed E-state index contributed by atoms with van der Waals surface area (Å²) in [5, 5.41) is 9.83. The van der Waals surface area contributed by atoms with Gasteiger partial charge in [-0.3, -0.25) is 4.79 Å². The maximum Gasteiger partial charge on any atom is 0.250 e. The number of ether oxygens (including phenoxy) is 1. The number of amides is 1. The molecule has 1 aliphatic heterocycles. The number of carbonyl (C=O) groups excluding carboxylic acids is 1. The van der Waals surface area contributed by atoms with E-state index in [9.17, 15) is 4.79 Å². The van der Waals surface area contributed by atoms with Crippen molar-refractivity contribution in [3.05, 3.63) is 17.5 Å². The van der Waals surface area contributed by atoms with Gasteiger partial charge in [0.1, 0.15) is 6.10 Å². The van der Waals surface area contributed by atoms with Crippen molar-refractivity contribution in [1.82, 2.24) is 15.8 Å². The van der Waals surface area contributed by atoms with Crippen molar-refractivity contribution in [1.29, 1.82) is 0 Å². The average molecular weight is 290 g/mol. The number of halogens is 1. The monoisotopic (exact) mass is 289 g/mol. The molecule has 108 valence electrons. The number of carbonyl (C=O) groups is 1. The normalized spacial score (nSPS) is 18.7. The minimum absolute atomic E-state index is 0. The average Bonchev–Trinajstić information content (AvgIpc) is 2.85. The molecule has 1 aromatic heterocycles. The Morgan fingerprint density at radius 3 is 3.16 bits per heavy atom. The number of rotatable bonds is 5. The van der Waals surface area contributed by atoms with Crippen molar-refractivity contribution >= 4 is 18.3 Å². The first kappa shape index (κ1) is 15.9. The van der Waals surface area contributed by atoms with E-state index < -0.39 is 6.10 Å². The minimum Gasteiger partial charge on any atom is -0.366 e. The van der Waals surface area contributed by atoms with E-state index in [2.05, 4.69) is 22.7 Å². The summed E-state index contributed by atoms with van der Waals surface area (Å²) in [6.45, 7) is 4.37. The fraction of sp³-hybridized carbons (Fsp3) is 0.667. The van der Waals surface area contributed by atoms with Crippen LogP contribution in [0.3, 0.4) is 0 Å². The van der Waals surface area contributed by atoms with Crippen LogP contribution < -0.4 is 10.6 Å². The number of hydrogen-bond acceptors (Lipinski definition) is 5. The van der Waals surface area contributed by atoms with Crippen LogP contribution in [0.2, 0.25) is 0 Å². The summed E-state index contributed by atoms with van der Waals surface area (Å²) in [6.07, 6.45) is 1.52. The lowest BCUT2D eigenvalue weighted by molar-refractivity contribution is -0.134. The molecule has 0 aromatic carbocycles. The van der Waals surface area contributed by atoms with Crippen LogP contribution in [0.1, 0.15) is 24.8 Å². The molecule has 1 unspecified atom stereocenters. The summed E-state index contributed by atoms with van der Waals surface area (Å²) in [6, 6.07) is 1.88. The van der Waals surface area contributed by atoms with Crippen LogP contribution in [-0.4, -0.2) is 36.9 Å². The maximum absolute atomic E-state index is 11.8. The van der Waals surface area contributed by atoms with E-state index in [4.69, 9.17) is 9.26 Å². The van der Waals surface area contributed by atoms with E-state index in [1.807, 2.05) is 6.07 Å². The third-order valence-corrected chi connectivity index (χ3v) is 2.77. The highest BCUT2D eigenvalue weighted by Gasteiger charge is 2.21.